The van der Waals surface area contributed by atoms with E-state index in [0.717, 1.165) is 17.3 Å². The number of hydrogen-bond acceptors (Lipinski definition) is 15. The van der Waals surface area contributed by atoms with E-state index in [1.807, 2.05) is 47.6 Å². The van der Waals surface area contributed by atoms with Crippen LogP contribution in [0.2, 0.25) is 15.1 Å². The molecule has 0 spiro atoms. The Bertz CT molecular complexity index is 2930. The van der Waals surface area contributed by atoms with Crippen molar-refractivity contribution in [2.45, 2.75) is 118 Å². The molecule has 16 nitrogen and oxygen atoms in total. The van der Waals surface area contributed by atoms with Crippen molar-refractivity contribution < 1.29 is 85.7 Å². The van der Waals surface area contributed by atoms with Gasteiger partial charge in [-0.1, -0.05) is 54.2 Å². The number of hydroxylamine groups is 2. The Morgan fingerprint density at radius 1 is 1.01 bits per heavy atom. The van der Waals surface area contributed by atoms with Gasteiger partial charge in [0.2, 0.25) is 5.91 Å². The first kappa shape index (κ1) is 53.0. The van der Waals surface area contributed by atoms with Crippen LogP contribution in [0.3, 0.4) is 0 Å². The molecule has 23 heteroatoms. The number of rotatable bonds is 14. The summed E-state index contributed by atoms with van der Waals surface area (Å²) < 4.78 is 58.1. The fourth-order valence-electron chi connectivity index (χ4n) is 8.82. The quantitative estimate of drug-likeness (QED) is 0.0246. The summed E-state index contributed by atoms with van der Waals surface area (Å²) in [6.45, 7) is 11.3. The molecule has 3 aromatic rings. The van der Waals surface area contributed by atoms with E-state index in [9.17, 15) is 46.6 Å². The third-order valence-electron chi connectivity index (χ3n) is 11.4. The molecule has 7 rings (SSSR count). The maximum absolute atomic E-state index is 13.5. The van der Waals surface area contributed by atoms with Crippen molar-refractivity contribution in [1.82, 2.24) is 10.4 Å². The van der Waals surface area contributed by atoms with Gasteiger partial charge in [-0.2, -0.15) is 0 Å². The summed E-state index contributed by atoms with van der Waals surface area (Å²) in [4.78, 5) is 71.2. The first-order chi connectivity index (χ1) is 30.9. The van der Waals surface area contributed by atoms with Crippen molar-refractivity contribution >= 4 is 115 Å². The molecule has 1 unspecified atom stereocenters. The minimum absolute atomic E-state index is 0. The van der Waals surface area contributed by atoms with Crippen molar-refractivity contribution in [3.8, 4) is 11.5 Å². The van der Waals surface area contributed by atoms with E-state index in [0.29, 0.717) is 47.2 Å². The number of allylic oxidation sites excluding steroid dienone is 1. The predicted molar refractivity (Wildman–Crippen MR) is 248 cm³/mol. The number of carbonyl (C=O) groups is 5. The minimum atomic E-state index is -5.38. The van der Waals surface area contributed by atoms with Crippen LogP contribution >= 0.6 is 58.6 Å². The number of unbranched alkanes of at least 4 members (excludes halogenated alkanes) is 2. The van der Waals surface area contributed by atoms with E-state index in [2.05, 4.69) is 10.6 Å². The standard InChI is InChI=1S/C44H45Cl3N4O12S3.Na/c1-19-16-43(3,4)49-35-21(19)14-23-29(24-15-22-20(2)17-44(5,6)50-36(22)41(66(59,60)61)38(24)62-37(23)40(35)65-58)30-31(42(56)57)32(45)34(47)39(33(30)46)64-18-25(52)48-13-9-7-8-10-28(55)63-51-26(53)11-12-27(51)54;/h14-16,20,50,58H,7-13,17-18H2,1-6H3,(H,48,52)(H,56,57)(H,59,60,61);/q;+1/p-1. The third kappa shape index (κ3) is 10.6. The molecule has 1 saturated heterocycles. The number of imide groups is 1. The van der Waals surface area contributed by atoms with Crippen molar-refractivity contribution in [3.63, 3.8) is 0 Å². The number of nitrogens with one attached hydrogen (secondary N) is 2. The van der Waals surface area contributed by atoms with Crippen LogP contribution in [0.4, 0.5) is 5.69 Å². The molecule has 4 aliphatic heterocycles. The van der Waals surface area contributed by atoms with E-state index in [1.165, 1.54) is 0 Å². The van der Waals surface area contributed by atoms with E-state index < -0.39 is 72.1 Å². The second kappa shape index (κ2) is 20.2. The molecule has 0 aromatic heterocycles. The maximum atomic E-state index is 13.5. The van der Waals surface area contributed by atoms with Crippen molar-refractivity contribution in [1.29, 1.82) is 0 Å². The summed E-state index contributed by atoms with van der Waals surface area (Å²) in [6, 6.07) is 3.31. The van der Waals surface area contributed by atoms with Gasteiger partial charge in [-0.15, -0.1) is 16.8 Å². The zero-order valence-electron chi connectivity index (χ0n) is 37.4. The van der Waals surface area contributed by atoms with E-state index in [1.54, 1.807) is 12.1 Å². The fraction of sp³-hybridized carbons (Fsp3) is 0.409. The number of carboxylic acid groups (broad SMARTS) is 1. The monoisotopic (exact) mass is 1040 g/mol. The normalized spacial score (nSPS) is 17.7. The molecular weight excluding hydrogens is 1000 g/mol. The van der Waals surface area contributed by atoms with Gasteiger partial charge in [-0.3, -0.25) is 19.4 Å². The maximum Gasteiger partial charge on any atom is 1.00 e. The van der Waals surface area contributed by atoms with Crippen LogP contribution in [0.15, 0.2) is 37.9 Å². The summed E-state index contributed by atoms with van der Waals surface area (Å²) in [5, 5.41) is 16.8. The van der Waals surface area contributed by atoms with Crippen LogP contribution in [-0.4, -0.2) is 80.7 Å². The Balaban J connectivity index is 0.00000741. The molecule has 1 atom stereocenters. The molecule has 4 N–H and O–H groups in total. The van der Waals surface area contributed by atoms with E-state index in [-0.39, 0.29) is 132 Å². The van der Waals surface area contributed by atoms with Gasteiger partial charge in [0, 0.05) is 75.8 Å². The second-order valence-electron chi connectivity index (χ2n) is 17.6. The molecular formula is C44H44Cl3N4NaO12S3. The number of hydrogen-bond donors (Lipinski definition) is 4. The van der Waals surface area contributed by atoms with Crippen molar-refractivity contribution in [2.75, 3.05) is 17.6 Å². The van der Waals surface area contributed by atoms with E-state index in [4.69, 9.17) is 49.4 Å². The van der Waals surface area contributed by atoms with Crippen LogP contribution in [0.5, 0.6) is 11.5 Å². The summed E-state index contributed by atoms with van der Waals surface area (Å²) in [5.41, 5.74) is -0.473. The van der Waals surface area contributed by atoms with Crippen molar-refractivity contribution in [3.05, 3.63) is 71.7 Å². The van der Waals surface area contributed by atoms with Gasteiger partial charge in [-0.25, -0.2) is 18.0 Å². The van der Waals surface area contributed by atoms with Gasteiger partial charge in [0.1, 0.15) is 19.9 Å². The summed E-state index contributed by atoms with van der Waals surface area (Å²) in [5.74, 6) is -5.07. The first-order valence-corrected chi connectivity index (χ1v) is 25.0. The van der Waals surface area contributed by atoms with Crippen LogP contribution in [-0.2, 0) is 34.1 Å². The molecule has 0 radical (unpaired) electrons. The van der Waals surface area contributed by atoms with Gasteiger partial charge in [0.25, 0.3) is 11.8 Å². The Hall–Kier alpha value is -3.34. The van der Waals surface area contributed by atoms with Gasteiger partial charge in [0.05, 0.1) is 43.0 Å². The summed E-state index contributed by atoms with van der Waals surface area (Å²) in [7, 11) is -5.38. The number of fused-ring (bicyclic) bond motifs is 4. The number of thioether (sulfide) groups is 1. The van der Waals surface area contributed by atoms with Crippen LogP contribution < -0.4 is 55.5 Å². The largest absolute Gasteiger partial charge is 1.00 e. The summed E-state index contributed by atoms with van der Waals surface area (Å²) in [6.07, 6.45) is 3.66. The number of amides is 3. The molecule has 352 valence electrons. The minimum Gasteiger partial charge on any atom is -0.744 e. The van der Waals surface area contributed by atoms with Crippen LogP contribution in [0.25, 0.3) is 11.1 Å². The topological polar surface area (TPSA) is 241 Å². The first-order valence-electron chi connectivity index (χ1n) is 20.7. The number of ether oxygens (including phenoxy) is 1. The van der Waals surface area contributed by atoms with Gasteiger partial charge in [-0.05, 0) is 83.1 Å². The average molecular weight is 1050 g/mol. The van der Waals surface area contributed by atoms with Gasteiger partial charge >= 0.3 is 41.5 Å². The SMILES string of the molecule is CC1=CC(C)(C)N=c2c1cc1c(c2SO)Oc2c(cc3c(c2S(=O)(=O)[O-])NC(C)(C)CC3C)C=1c1c(Cl)c(SCC(=O)NCCCCCC(=O)ON2C(=O)CCC2=O)c(Cl)c(Cl)c1C(=O)O.[Na+]. The number of carboxylic acids is 1. The number of aromatic carboxylic acids is 1. The molecule has 4 heterocycles. The molecule has 4 aliphatic rings. The predicted octanol–water partition coefficient (Wildman–Crippen LogP) is 5.06. The number of anilines is 1. The van der Waals surface area contributed by atoms with Crippen molar-refractivity contribution in [2.24, 2.45) is 4.99 Å². The zero-order chi connectivity index (χ0) is 48.4. The number of nitrogens with zero attached hydrogens (tertiary/aromatic N) is 2. The fourth-order valence-corrected chi connectivity index (χ4v) is 12.1. The number of carbonyl (C=O) groups excluding carboxylic acids is 4. The second-order valence-corrected chi connectivity index (χ2v) is 21.6. The molecule has 0 bridgehead atoms. The molecule has 0 saturated carbocycles. The number of halogens is 3. The summed E-state index contributed by atoms with van der Waals surface area (Å²) >= 11 is 22.1. The van der Waals surface area contributed by atoms with E-state index >= 15 is 0 Å². The van der Waals surface area contributed by atoms with Crippen LogP contribution in [0, 0.1) is 0 Å². The Morgan fingerprint density at radius 2 is 1.69 bits per heavy atom. The van der Waals surface area contributed by atoms with Gasteiger partial charge in [0.15, 0.2) is 11.5 Å². The molecule has 3 amide bonds. The smallest absolute Gasteiger partial charge is 0.744 e. The van der Waals surface area contributed by atoms with Crippen LogP contribution in [0.1, 0.15) is 125 Å². The zero-order valence-corrected chi connectivity index (χ0v) is 44.1. The number of benzene rings is 3. The molecule has 1 fully saturated rings. The Kier molecular flexibility index (Phi) is 16.0. The average Bonchev–Trinajstić information content (AvgIpc) is 3.52. The molecule has 3 aromatic carbocycles. The molecule has 67 heavy (non-hydrogen) atoms. The Labute approximate surface area is 431 Å². The van der Waals surface area contributed by atoms with Gasteiger partial charge < -0.3 is 34.4 Å². The Morgan fingerprint density at radius 3 is 2.31 bits per heavy atom. The molecule has 0 aliphatic carbocycles. The third-order valence-corrected chi connectivity index (χ3v) is 15.4.